The van der Waals surface area contributed by atoms with Crippen molar-refractivity contribution in [1.29, 1.82) is 0 Å². The van der Waals surface area contributed by atoms with Crippen molar-refractivity contribution in [3.8, 4) is 16.9 Å². The first-order chi connectivity index (χ1) is 15.9. The number of fused-ring (bicyclic) bond motifs is 1. The highest BCUT2D eigenvalue weighted by Gasteiger charge is 2.46. The third-order valence-corrected chi connectivity index (χ3v) is 5.94. The smallest absolute Gasteiger partial charge is 0.332 e. The molecule has 0 heterocycles. The van der Waals surface area contributed by atoms with Crippen LogP contribution in [0.1, 0.15) is 23.6 Å². The Labute approximate surface area is 192 Å². The third-order valence-electron chi connectivity index (χ3n) is 5.94. The van der Waals surface area contributed by atoms with Crippen molar-refractivity contribution >= 4 is 11.9 Å². The fourth-order valence-corrected chi connectivity index (χ4v) is 4.29. The number of esters is 1. The van der Waals surface area contributed by atoms with E-state index in [9.17, 15) is 14.0 Å². The van der Waals surface area contributed by atoms with Gasteiger partial charge in [0.05, 0.1) is 20.1 Å². The van der Waals surface area contributed by atoms with Crippen LogP contribution in [0.4, 0.5) is 4.39 Å². The first-order valence-electron chi connectivity index (χ1n) is 10.9. The molecule has 0 aliphatic heterocycles. The van der Waals surface area contributed by atoms with E-state index in [1.54, 1.807) is 26.2 Å². The number of nitrogens with one attached hydrogen (secondary N) is 1. The maximum atomic E-state index is 13.2. The van der Waals surface area contributed by atoms with Crippen LogP contribution in [0.3, 0.4) is 0 Å². The quantitative estimate of drug-likeness (QED) is 0.550. The minimum Gasteiger partial charge on any atom is -0.497 e. The van der Waals surface area contributed by atoms with Crippen LogP contribution in [0, 0.1) is 5.82 Å². The highest BCUT2D eigenvalue weighted by Crippen LogP contribution is 2.35. The Morgan fingerprint density at radius 2 is 1.61 bits per heavy atom. The monoisotopic (exact) mass is 447 g/mol. The van der Waals surface area contributed by atoms with Crippen molar-refractivity contribution in [2.45, 2.75) is 31.7 Å². The summed E-state index contributed by atoms with van der Waals surface area (Å²) < 4.78 is 23.8. The largest absolute Gasteiger partial charge is 0.497 e. The van der Waals surface area contributed by atoms with E-state index in [2.05, 4.69) is 11.4 Å². The van der Waals surface area contributed by atoms with Gasteiger partial charge in [0.1, 0.15) is 17.1 Å². The van der Waals surface area contributed by atoms with E-state index in [0.717, 1.165) is 28.0 Å². The molecule has 1 atom stereocenters. The number of hydrogen-bond donors (Lipinski definition) is 1. The van der Waals surface area contributed by atoms with Crippen LogP contribution in [-0.2, 0) is 33.6 Å². The van der Waals surface area contributed by atoms with Crippen LogP contribution >= 0.6 is 0 Å². The number of benzene rings is 3. The molecule has 0 saturated heterocycles. The molecule has 6 heteroatoms. The molecular formula is C27H26FNO4. The molecule has 1 aliphatic carbocycles. The number of carbonyl (C=O) groups is 2. The molecule has 0 fully saturated rings. The second kappa shape index (κ2) is 9.45. The Balaban J connectivity index is 1.57. The number of amides is 1. The van der Waals surface area contributed by atoms with E-state index >= 15 is 0 Å². The topological polar surface area (TPSA) is 64.6 Å². The summed E-state index contributed by atoms with van der Waals surface area (Å²) in [7, 11) is 1.63. The second-order valence-electron chi connectivity index (χ2n) is 8.22. The van der Waals surface area contributed by atoms with Crippen LogP contribution in [0.2, 0.25) is 0 Å². The van der Waals surface area contributed by atoms with Gasteiger partial charge in [-0.3, -0.25) is 4.79 Å². The molecule has 4 rings (SSSR count). The van der Waals surface area contributed by atoms with Gasteiger partial charge in [0.15, 0.2) is 0 Å². The molecule has 0 radical (unpaired) electrons. The molecule has 1 aliphatic rings. The van der Waals surface area contributed by atoms with Crippen molar-refractivity contribution in [3.05, 3.63) is 89.2 Å². The summed E-state index contributed by atoms with van der Waals surface area (Å²) in [6, 6.07) is 19.6. The number of rotatable bonds is 7. The number of ether oxygens (including phenoxy) is 2. The fourth-order valence-electron chi connectivity index (χ4n) is 4.29. The van der Waals surface area contributed by atoms with E-state index in [1.165, 1.54) is 12.1 Å². The van der Waals surface area contributed by atoms with Gasteiger partial charge >= 0.3 is 5.97 Å². The lowest BCUT2D eigenvalue weighted by Crippen LogP contribution is -2.56. The number of methoxy groups -OCH3 is 1. The Hall–Kier alpha value is -3.67. The standard InChI is InChI=1S/C27H26FNO4/c1-3-33-26(31)27(29-25(30)14-18-4-10-23(28)11-5-18)16-21-7-6-20(15-22(21)17-27)19-8-12-24(32-2)13-9-19/h4-13,15H,3,14,16-17H2,1-2H3,(H,29,30). The maximum Gasteiger partial charge on any atom is 0.332 e. The Kier molecular flexibility index (Phi) is 6.45. The molecule has 1 amide bonds. The fraction of sp³-hybridized carbons (Fsp3) is 0.259. The molecule has 3 aromatic carbocycles. The summed E-state index contributed by atoms with van der Waals surface area (Å²) in [5, 5.41) is 2.94. The van der Waals surface area contributed by atoms with E-state index < -0.39 is 11.5 Å². The van der Waals surface area contributed by atoms with Crippen LogP contribution in [-0.4, -0.2) is 31.1 Å². The van der Waals surface area contributed by atoms with E-state index in [1.807, 2.05) is 36.4 Å². The Morgan fingerprint density at radius 1 is 0.939 bits per heavy atom. The van der Waals surface area contributed by atoms with Crippen molar-refractivity contribution in [2.24, 2.45) is 0 Å². The summed E-state index contributed by atoms with van der Waals surface area (Å²) in [5.41, 5.74) is 3.57. The van der Waals surface area contributed by atoms with Crippen molar-refractivity contribution in [1.82, 2.24) is 5.32 Å². The summed E-state index contributed by atoms with van der Waals surface area (Å²) in [6.07, 6.45) is 0.758. The molecule has 33 heavy (non-hydrogen) atoms. The van der Waals surface area contributed by atoms with Crippen LogP contribution < -0.4 is 10.1 Å². The second-order valence-corrected chi connectivity index (χ2v) is 8.22. The zero-order valence-electron chi connectivity index (χ0n) is 18.7. The van der Waals surface area contributed by atoms with E-state index in [4.69, 9.17) is 9.47 Å². The summed E-state index contributed by atoms with van der Waals surface area (Å²) in [6.45, 7) is 1.97. The molecule has 0 bridgehead atoms. The van der Waals surface area contributed by atoms with Crippen molar-refractivity contribution in [3.63, 3.8) is 0 Å². The average Bonchev–Trinajstić information content (AvgIpc) is 3.19. The Morgan fingerprint density at radius 3 is 2.27 bits per heavy atom. The highest BCUT2D eigenvalue weighted by atomic mass is 19.1. The first kappa shape index (κ1) is 22.5. The molecular weight excluding hydrogens is 421 g/mol. The first-order valence-corrected chi connectivity index (χ1v) is 10.9. The molecule has 1 unspecified atom stereocenters. The van der Waals surface area contributed by atoms with Gasteiger partial charge in [-0.1, -0.05) is 42.5 Å². The highest BCUT2D eigenvalue weighted by molar-refractivity contribution is 5.90. The van der Waals surface area contributed by atoms with Gasteiger partial charge in [-0.05, 0) is 59.0 Å². The number of halogens is 1. The van der Waals surface area contributed by atoms with Gasteiger partial charge in [-0.25, -0.2) is 9.18 Å². The Bertz CT molecular complexity index is 1160. The predicted molar refractivity (Wildman–Crippen MR) is 123 cm³/mol. The lowest BCUT2D eigenvalue weighted by atomic mass is 9.95. The molecule has 0 aromatic heterocycles. The third kappa shape index (κ3) is 4.90. The van der Waals surface area contributed by atoms with Gasteiger partial charge < -0.3 is 14.8 Å². The summed E-state index contributed by atoms with van der Waals surface area (Å²) in [5.74, 6) is -0.330. The van der Waals surface area contributed by atoms with Crippen LogP contribution in [0.5, 0.6) is 5.75 Å². The van der Waals surface area contributed by atoms with Crippen LogP contribution in [0.25, 0.3) is 11.1 Å². The normalized spacial score (nSPS) is 16.7. The lowest BCUT2D eigenvalue weighted by Gasteiger charge is -2.28. The number of carbonyl (C=O) groups excluding carboxylic acids is 2. The average molecular weight is 448 g/mol. The van der Waals surface area contributed by atoms with Gasteiger partial charge in [0.25, 0.3) is 0 Å². The van der Waals surface area contributed by atoms with Gasteiger partial charge in [-0.15, -0.1) is 0 Å². The molecule has 0 spiro atoms. The predicted octanol–water partition coefficient (Wildman–Crippen LogP) is 4.26. The van der Waals surface area contributed by atoms with Gasteiger partial charge in [0, 0.05) is 12.8 Å². The minimum atomic E-state index is -1.16. The van der Waals surface area contributed by atoms with Crippen molar-refractivity contribution in [2.75, 3.05) is 13.7 Å². The molecule has 5 nitrogen and oxygen atoms in total. The summed E-state index contributed by atoms with van der Waals surface area (Å²) in [4.78, 5) is 25.8. The summed E-state index contributed by atoms with van der Waals surface area (Å²) >= 11 is 0. The van der Waals surface area contributed by atoms with Gasteiger partial charge in [0.2, 0.25) is 5.91 Å². The molecule has 1 N–H and O–H groups in total. The van der Waals surface area contributed by atoms with Gasteiger partial charge in [-0.2, -0.15) is 0 Å². The zero-order chi connectivity index (χ0) is 23.4. The minimum absolute atomic E-state index is 0.0505. The van der Waals surface area contributed by atoms with Crippen LogP contribution in [0.15, 0.2) is 66.7 Å². The van der Waals surface area contributed by atoms with E-state index in [-0.39, 0.29) is 24.8 Å². The van der Waals surface area contributed by atoms with Crippen molar-refractivity contribution < 1.29 is 23.5 Å². The number of hydrogen-bond acceptors (Lipinski definition) is 4. The molecule has 0 saturated carbocycles. The molecule has 3 aromatic rings. The molecule has 170 valence electrons. The van der Waals surface area contributed by atoms with E-state index in [0.29, 0.717) is 18.4 Å². The maximum absolute atomic E-state index is 13.2. The SMILES string of the molecule is CCOC(=O)C1(NC(=O)Cc2ccc(F)cc2)Cc2ccc(-c3ccc(OC)cc3)cc2C1. The zero-order valence-corrected chi connectivity index (χ0v) is 18.7. The lowest BCUT2D eigenvalue weighted by molar-refractivity contribution is -0.153.